The summed E-state index contributed by atoms with van der Waals surface area (Å²) in [7, 11) is 0. The minimum absolute atomic E-state index is 0.699. The molecule has 0 aliphatic heterocycles. The maximum atomic E-state index is 8.16. The third kappa shape index (κ3) is 1.93. The smallest absolute Gasteiger partial charge is 0.176 e. The first-order chi connectivity index (χ1) is 4.34. The first-order valence-corrected chi connectivity index (χ1v) is 3.46. The van der Waals surface area contributed by atoms with Crippen molar-refractivity contribution in [1.29, 1.82) is 5.26 Å². The van der Waals surface area contributed by atoms with Crippen molar-refractivity contribution >= 4 is 0 Å². The Morgan fingerprint density at radius 2 is 2.44 bits per heavy atom. The molecule has 0 spiro atoms. The van der Waals surface area contributed by atoms with Crippen molar-refractivity contribution in [3.8, 4) is 6.19 Å². The van der Waals surface area contributed by atoms with Crippen LogP contribution in [0.3, 0.4) is 0 Å². The van der Waals surface area contributed by atoms with Gasteiger partial charge in [-0.2, -0.15) is 5.26 Å². The first-order valence-electron chi connectivity index (χ1n) is 3.46. The second-order valence-electron chi connectivity index (χ2n) is 2.81. The second-order valence-corrected chi connectivity index (χ2v) is 2.81. The number of rotatable bonds is 3. The summed E-state index contributed by atoms with van der Waals surface area (Å²) < 4.78 is 0. The van der Waals surface area contributed by atoms with E-state index in [1.807, 2.05) is 6.19 Å². The molecule has 0 aromatic carbocycles. The summed E-state index contributed by atoms with van der Waals surface area (Å²) in [5.74, 6) is 1.61. The highest BCUT2D eigenvalue weighted by molar-refractivity contribution is 4.81. The van der Waals surface area contributed by atoms with Crippen LogP contribution in [-0.4, -0.2) is 6.54 Å². The van der Waals surface area contributed by atoms with Crippen LogP contribution in [0.4, 0.5) is 0 Å². The lowest BCUT2D eigenvalue weighted by Crippen LogP contribution is -2.16. The SMILES string of the molecule is CC(CNC#N)C1CC1. The molecule has 0 aromatic heterocycles. The zero-order valence-electron chi connectivity index (χ0n) is 5.72. The number of hydrogen-bond donors (Lipinski definition) is 1. The van der Waals surface area contributed by atoms with Gasteiger partial charge in [0.2, 0.25) is 0 Å². The van der Waals surface area contributed by atoms with E-state index in [1.165, 1.54) is 12.8 Å². The molecule has 0 saturated heterocycles. The summed E-state index contributed by atoms with van der Waals surface area (Å²) in [4.78, 5) is 0. The topological polar surface area (TPSA) is 35.8 Å². The molecule has 0 bridgehead atoms. The van der Waals surface area contributed by atoms with E-state index in [9.17, 15) is 0 Å². The Balaban J connectivity index is 2.04. The predicted molar refractivity (Wildman–Crippen MR) is 35.5 cm³/mol. The van der Waals surface area contributed by atoms with Crippen molar-refractivity contribution in [2.75, 3.05) is 6.54 Å². The number of nitriles is 1. The summed E-state index contributed by atoms with van der Waals surface area (Å²) in [5.41, 5.74) is 0. The van der Waals surface area contributed by atoms with Crippen LogP contribution in [0.5, 0.6) is 0 Å². The van der Waals surface area contributed by atoms with Gasteiger partial charge in [0, 0.05) is 6.54 Å². The van der Waals surface area contributed by atoms with Gasteiger partial charge >= 0.3 is 0 Å². The van der Waals surface area contributed by atoms with Crippen LogP contribution < -0.4 is 5.32 Å². The molecule has 9 heavy (non-hydrogen) atoms. The van der Waals surface area contributed by atoms with E-state index in [4.69, 9.17) is 5.26 Å². The van der Waals surface area contributed by atoms with E-state index < -0.39 is 0 Å². The summed E-state index contributed by atoms with van der Waals surface area (Å²) in [5, 5.41) is 10.8. The molecule has 1 fully saturated rings. The molecule has 0 amide bonds. The van der Waals surface area contributed by atoms with Gasteiger partial charge in [0.1, 0.15) is 0 Å². The Bertz CT molecular complexity index is 121. The molecular weight excluding hydrogens is 112 g/mol. The maximum Gasteiger partial charge on any atom is 0.176 e. The fourth-order valence-electron chi connectivity index (χ4n) is 1.04. The van der Waals surface area contributed by atoms with Gasteiger partial charge in [0.05, 0.1) is 0 Å². The molecule has 2 heteroatoms. The number of nitrogens with one attached hydrogen (secondary N) is 1. The Morgan fingerprint density at radius 3 is 2.89 bits per heavy atom. The van der Waals surface area contributed by atoms with Gasteiger partial charge in [-0.3, -0.25) is 0 Å². The largest absolute Gasteiger partial charge is 0.324 e. The van der Waals surface area contributed by atoms with E-state index in [1.54, 1.807) is 0 Å². The molecule has 1 N–H and O–H groups in total. The van der Waals surface area contributed by atoms with E-state index in [-0.39, 0.29) is 0 Å². The van der Waals surface area contributed by atoms with E-state index in [0.717, 1.165) is 12.5 Å². The highest BCUT2D eigenvalue weighted by atomic mass is 14.9. The van der Waals surface area contributed by atoms with Crippen LogP contribution in [0, 0.1) is 23.3 Å². The molecule has 1 unspecified atom stereocenters. The van der Waals surface area contributed by atoms with Gasteiger partial charge in [-0.05, 0) is 24.7 Å². The van der Waals surface area contributed by atoms with Crippen molar-refractivity contribution in [3.63, 3.8) is 0 Å². The molecule has 0 heterocycles. The average molecular weight is 124 g/mol. The van der Waals surface area contributed by atoms with Crippen molar-refractivity contribution in [3.05, 3.63) is 0 Å². The van der Waals surface area contributed by atoms with Gasteiger partial charge in [0.25, 0.3) is 0 Å². The van der Waals surface area contributed by atoms with Crippen LogP contribution in [0.1, 0.15) is 19.8 Å². The standard InChI is InChI=1S/C7H12N2/c1-6(4-9-5-8)7-2-3-7/h6-7,9H,2-4H2,1H3. The molecule has 1 saturated carbocycles. The maximum absolute atomic E-state index is 8.16. The number of nitrogens with zero attached hydrogens (tertiary/aromatic N) is 1. The molecular formula is C7H12N2. The van der Waals surface area contributed by atoms with Crippen LogP contribution in [0.2, 0.25) is 0 Å². The minimum atomic E-state index is 0.699. The van der Waals surface area contributed by atoms with E-state index in [0.29, 0.717) is 5.92 Å². The minimum Gasteiger partial charge on any atom is -0.324 e. The lowest BCUT2D eigenvalue weighted by Gasteiger charge is -2.05. The molecule has 0 radical (unpaired) electrons. The van der Waals surface area contributed by atoms with Gasteiger partial charge in [0.15, 0.2) is 6.19 Å². The van der Waals surface area contributed by atoms with Gasteiger partial charge in [-0.15, -0.1) is 0 Å². The summed E-state index contributed by atoms with van der Waals surface area (Å²) in [6.07, 6.45) is 4.67. The molecule has 50 valence electrons. The number of hydrogen-bond acceptors (Lipinski definition) is 2. The third-order valence-corrected chi connectivity index (χ3v) is 1.93. The highest BCUT2D eigenvalue weighted by Gasteiger charge is 2.27. The van der Waals surface area contributed by atoms with Crippen LogP contribution in [-0.2, 0) is 0 Å². The molecule has 1 aliphatic carbocycles. The normalized spacial score (nSPS) is 20.4. The molecule has 1 atom stereocenters. The van der Waals surface area contributed by atoms with Crippen molar-refractivity contribution in [2.24, 2.45) is 11.8 Å². The quantitative estimate of drug-likeness (QED) is 0.452. The predicted octanol–water partition coefficient (Wildman–Crippen LogP) is 1.10. The first kappa shape index (κ1) is 6.41. The summed E-state index contributed by atoms with van der Waals surface area (Å²) in [6, 6.07) is 0. The summed E-state index contributed by atoms with van der Waals surface area (Å²) in [6.45, 7) is 3.06. The molecule has 1 rings (SSSR count). The lowest BCUT2D eigenvalue weighted by atomic mass is 10.1. The Hall–Kier alpha value is -0.710. The van der Waals surface area contributed by atoms with E-state index in [2.05, 4.69) is 12.2 Å². The van der Waals surface area contributed by atoms with Crippen molar-refractivity contribution < 1.29 is 0 Å². The summed E-state index contributed by atoms with van der Waals surface area (Å²) >= 11 is 0. The zero-order chi connectivity index (χ0) is 6.69. The third-order valence-electron chi connectivity index (χ3n) is 1.93. The van der Waals surface area contributed by atoms with Gasteiger partial charge in [-0.1, -0.05) is 6.92 Å². The van der Waals surface area contributed by atoms with Gasteiger partial charge < -0.3 is 5.32 Å². The molecule has 1 aliphatic rings. The highest BCUT2D eigenvalue weighted by Crippen LogP contribution is 2.35. The second kappa shape index (κ2) is 2.72. The molecule has 0 aromatic rings. The Labute approximate surface area is 55.9 Å². The average Bonchev–Trinajstić information content (AvgIpc) is 2.63. The lowest BCUT2D eigenvalue weighted by molar-refractivity contribution is 0.495. The monoisotopic (exact) mass is 124 g/mol. The van der Waals surface area contributed by atoms with E-state index >= 15 is 0 Å². The van der Waals surface area contributed by atoms with Crippen molar-refractivity contribution in [2.45, 2.75) is 19.8 Å². The Kier molecular flexibility index (Phi) is 1.94. The fourth-order valence-corrected chi connectivity index (χ4v) is 1.04. The van der Waals surface area contributed by atoms with Gasteiger partial charge in [-0.25, -0.2) is 0 Å². The zero-order valence-corrected chi connectivity index (χ0v) is 5.72. The van der Waals surface area contributed by atoms with Crippen LogP contribution in [0.15, 0.2) is 0 Å². The van der Waals surface area contributed by atoms with Crippen LogP contribution >= 0.6 is 0 Å². The fraction of sp³-hybridized carbons (Fsp3) is 0.857. The van der Waals surface area contributed by atoms with Crippen molar-refractivity contribution in [1.82, 2.24) is 5.32 Å². The molecule has 2 nitrogen and oxygen atoms in total. The Morgan fingerprint density at radius 1 is 1.78 bits per heavy atom. The van der Waals surface area contributed by atoms with Crippen LogP contribution in [0.25, 0.3) is 0 Å².